The van der Waals surface area contributed by atoms with E-state index < -0.39 is 5.97 Å². The monoisotopic (exact) mass is 543 g/mol. The van der Waals surface area contributed by atoms with E-state index in [-0.39, 0.29) is 36.0 Å². The van der Waals surface area contributed by atoms with E-state index in [1.807, 2.05) is 11.0 Å². The Labute approximate surface area is 235 Å². The number of carbonyl (C=O) groups is 2. The fourth-order valence-electron chi connectivity index (χ4n) is 5.47. The number of nitrogens with zero attached hydrogens (tertiary/aromatic N) is 1. The molecule has 1 saturated heterocycles. The number of rotatable bonds is 7. The normalized spacial score (nSPS) is 17.7. The largest absolute Gasteiger partial charge is 0.478 e. The minimum Gasteiger partial charge on any atom is -0.478 e. The second kappa shape index (κ2) is 12.8. The summed E-state index contributed by atoms with van der Waals surface area (Å²) in [4.78, 5) is 26.1. The number of hydrogen-bond acceptors (Lipinski definition) is 3. The Morgan fingerprint density at radius 3 is 2.36 bits per heavy atom. The Hall–Kier alpha value is -3.87. The first-order chi connectivity index (χ1) is 18.5. The first kappa shape index (κ1) is 28.1. The highest BCUT2D eigenvalue weighted by Crippen LogP contribution is 2.33. The van der Waals surface area contributed by atoms with E-state index in [0.717, 1.165) is 13.0 Å². The molecule has 0 saturated carbocycles. The van der Waals surface area contributed by atoms with Crippen molar-refractivity contribution in [3.8, 4) is 0 Å². The van der Waals surface area contributed by atoms with E-state index in [2.05, 4.69) is 84.3 Å². The average molecular weight is 544 g/mol. The van der Waals surface area contributed by atoms with Crippen LogP contribution in [-0.4, -0.2) is 41.6 Å². The molecule has 202 valence electrons. The second-order valence-electron chi connectivity index (χ2n) is 10.0. The summed E-state index contributed by atoms with van der Waals surface area (Å²) in [5.74, 6) is -0.398. The summed E-state index contributed by atoms with van der Waals surface area (Å²) in [7, 11) is 0. The number of aromatic carboxylic acids is 1. The Morgan fingerprint density at radius 1 is 0.923 bits per heavy atom. The van der Waals surface area contributed by atoms with Gasteiger partial charge in [-0.1, -0.05) is 72.8 Å². The van der Waals surface area contributed by atoms with Crippen molar-refractivity contribution >= 4 is 40.9 Å². The molecule has 0 bridgehead atoms. The highest BCUT2D eigenvalue weighted by atomic mass is 35.5. The molecule has 4 aromatic carbocycles. The maximum Gasteiger partial charge on any atom is 0.335 e. The van der Waals surface area contributed by atoms with Gasteiger partial charge in [0.25, 0.3) is 0 Å². The lowest BCUT2D eigenvalue weighted by atomic mass is 9.80. The number of nitrogens with one attached hydrogen (secondary N) is 2. The number of halogens is 1. The van der Waals surface area contributed by atoms with Crippen molar-refractivity contribution in [3.05, 3.63) is 114 Å². The van der Waals surface area contributed by atoms with Crippen LogP contribution in [0, 0.1) is 5.92 Å². The smallest absolute Gasteiger partial charge is 0.335 e. The number of carboxylic acid groups (broad SMARTS) is 1. The molecule has 2 unspecified atom stereocenters. The summed E-state index contributed by atoms with van der Waals surface area (Å²) in [5.41, 5.74) is 3.31. The maximum atomic E-state index is 13.1. The van der Waals surface area contributed by atoms with Crippen molar-refractivity contribution in [2.45, 2.75) is 25.3 Å². The fraction of sp³-hybridized carbons (Fsp3) is 0.250. The minimum absolute atomic E-state index is 0. The van der Waals surface area contributed by atoms with Crippen LogP contribution < -0.4 is 10.6 Å². The predicted octanol–water partition coefficient (Wildman–Crippen LogP) is 6.95. The molecule has 1 heterocycles. The third-order valence-electron chi connectivity index (χ3n) is 7.63. The van der Waals surface area contributed by atoms with Gasteiger partial charge in [0, 0.05) is 30.7 Å². The third-order valence-corrected chi connectivity index (χ3v) is 7.63. The predicted molar refractivity (Wildman–Crippen MR) is 159 cm³/mol. The Balaban J connectivity index is 0.00000353. The molecule has 6 nitrogen and oxygen atoms in total. The van der Waals surface area contributed by atoms with Gasteiger partial charge < -0.3 is 20.6 Å². The van der Waals surface area contributed by atoms with Gasteiger partial charge in [0.05, 0.1) is 5.56 Å². The van der Waals surface area contributed by atoms with Crippen molar-refractivity contribution in [1.82, 2.24) is 10.2 Å². The number of hydrogen-bond donors (Lipinski definition) is 3. The highest BCUT2D eigenvalue weighted by Gasteiger charge is 2.32. The lowest BCUT2D eigenvalue weighted by Gasteiger charge is -2.39. The number of piperidine rings is 1. The van der Waals surface area contributed by atoms with Crippen molar-refractivity contribution in [2.75, 3.05) is 25.0 Å². The zero-order chi connectivity index (χ0) is 26.5. The van der Waals surface area contributed by atoms with Crippen molar-refractivity contribution < 1.29 is 14.7 Å². The summed E-state index contributed by atoms with van der Waals surface area (Å²) in [6, 6.07) is 31.7. The molecule has 1 aliphatic rings. The van der Waals surface area contributed by atoms with Crippen LogP contribution in [0.3, 0.4) is 0 Å². The van der Waals surface area contributed by atoms with Gasteiger partial charge in [-0.2, -0.15) is 0 Å². The SMILES string of the molecule is C[C@@H](NCC1CCN(C(=O)Nc2ccc(C(=O)O)cc2)CC1c1ccccc1)c1cccc2ccccc12.Cl. The summed E-state index contributed by atoms with van der Waals surface area (Å²) in [6.07, 6.45) is 0.889. The summed E-state index contributed by atoms with van der Waals surface area (Å²) < 4.78 is 0. The van der Waals surface area contributed by atoms with E-state index >= 15 is 0 Å². The van der Waals surface area contributed by atoms with Gasteiger partial charge in [-0.25, -0.2) is 9.59 Å². The van der Waals surface area contributed by atoms with Crippen LogP contribution in [-0.2, 0) is 0 Å². The number of likely N-dealkylation sites (tertiary alicyclic amines) is 1. The number of carbonyl (C=O) groups excluding carboxylic acids is 1. The molecule has 1 fully saturated rings. The summed E-state index contributed by atoms with van der Waals surface area (Å²) in [6.45, 7) is 4.36. The van der Waals surface area contributed by atoms with Crippen molar-refractivity contribution in [3.63, 3.8) is 0 Å². The number of amides is 2. The molecule has 7 heteroatoms. The van der Waals surface area contributed by atoms with Crippen LogP contribution in [0.1, 0.15) is 46.8 Å². The van der Waals surface area contributed by atoms with E-state index in [4.69, 9.17) is 5.11 Å². The number of carboxylic acids is 1. The van der Waals surface area contributed by atoms with E-state index in [1.54, 1.807) is 12.1 Å². The maximum absolute atomic E-state index is 13.1. The zero-order valence-electron chi connectivity index (χ0n) is 21.9. The molecule has 3 atom stereocenters. The van der Waals surface area contributed by atoms with Gasteiger partial charge in [-0.15, -0.1) is 12.4 Å². The third kappa shape index (κ3) is 6.59. The van der Waals surface area contributed by atoms with Crippen LogP contribution >= 0.6 is 12.4 Å². The minimum atomic E-state index is -0.987. The number of benzene rings is 4. The van der Waals surface area contributed by atoms with E-state index in [0.29, 0.717) is 24.7 Å². The standard InChI is InChI=1S/C32H33N3O3.ClH/c1-22(28-13-7-11-23-10-5-6-12-29(23)28)33-20-26-18-19-35(21-30(26)24-8-3-2-4-9-24)32(38)34-27-16-14-25(15-17-27)31(36)37;/h2-17,22,26,30,33H,18-21H2,1H3,(H,34,38)(H,36,37);1H/t22-,26?,30?;/m1./s1. The molecule has 39 heavy (non-hydrogen) atoms. The van der Waals surface area contributed by atoms with Gasteiger partial charge in [-0.05, 0) is 72.0 Å². The highest BCUT2D eigenvalue weighted by molar-refractivity contribution is 5.91. The van der Waals surface area contributed by atoms with Gasteiger partial charge in [-0.3, -0.25) is 0 Å². The molecule has 2 amide bonds. The molecule has 3 N–H and O–H groups in total. The molecule has 0 aliphatic carbocycles. The molecule has 4 aromatic rings. The quantitative estimate of drug-likeness (QED) is 0.235. The molecule has 5 rings (SSSR count). The van der Waals surface area contributed by atoms with Gasteiger partial charge in [0.1, 0.15) is 0 Å². The molecular formula is C32H34ClN3O3. The Kier molecular flexibility index (Phi) is 9.23. The lowest BCUT2D eigenvalue weighted by molar-refractivity contribution is 0.0697. The molecule has 1 aliphatic heterocycles. The number of fused-ring (bicyclic) bond motifs is 1. The first-order valence-electron chi connectivity index (χ1n) is 13.1. The fourth-order valence-corrected chi connectivity index (χ4v) is 5.47. The van der Waals surface area contributed by atoms with Crippen LogP contribution in [0.4, 0.5) is 10.5 Å². The van der Waals surface area contributed by atoms with Crippen LogP contribution in [0.15, 0.2) is 97.1 Å². The molecule has 0 radical (unpaired) electrons. The van der Waals surface area contributed by atoms with Gasteiger partial charge >= 0.3 is 12.0 Å². The zero-order valence-corrected chi connectivity index (χ0v) is 22.7. The molecule has 0 spiro atoms. The van der Waals surface area contributed by atoms with Crippen molar-refractivity contribution in [2.24, 2.45) is 5.92 Å². The summed E-state index contributed by atoms with van der Waals surface area (Å²) >= 11 is 0. The van der Waals surface area contributed by atoms with Gasteiger partial charge in [0.15, 0.2) is 0 Å². The summed E-state index contributed by atoms with van der Waals surface area (Å²) in [5, 5.41) is 18.4. The average Bonchev–Trinajstić information content (AvgIpc) is 2.96. The van der Waals surface area contributed by atoms with Crippen LogP contribution in [0.25, 0.3) is 10.8 Å². The number of anilines is 1. The first-order valence-corrected chi connectivity index (χ1v) is 13.1. The topological polar surface area (TPSA) is 81.7 Å². The van der Waals surface area contributed by atoms with Crippen LogP contribution in [0.5, 0.6) is 0 Å². The van der Waals surface area contributed by atoms with Gasteiger partial charge in [0.2, 0.25) is 0 Å². The molecule has 0 aromatic heterocycles. The van der Waals surface area contributed by atoms with Crippen LogP contribution in [0.2, 0.25) is 0 Å². The van der Waals surface area contributed by atoms with E-state index in [9.17, 15) is 9.59 Å². The van der Waals surface area contributed by atoms with Crippen molar-refractivity contribution in [1.29, 1.82) is 0 Å². The second-order valence-corrected chi connectivity index (χ2v) is 10.0. The van der Waals surface area contributed by atoms with E-state index in [1.165, 1.54) is 34.0 Å². The Morgan fingerprint density at radius 2 is 1.62 bits per heavy atom. The lowest BCUT2D eigenvalue weighted by Crippen LogP contribution is -2.47. The Bertz CT molecular complexity index is 1410. The molecular weight excluding hydrogens is 510 g/mol. The number of urea groups is 1.